The summed E-state index contributed by atoms with van der Waals surface area (Å²) in [4.78, 5) is 0. The molecular formula is C10H7ClFIN2O2S. The van der Waals surface area contributed by atoms with Crippen LogP contribution in [-0.4, -0.2) is 13.2 Å². The largest absolute Gasteiger partial charge is 0.490 e. The SMILES string of the molecule is N#CC(OSI)c1c(F)c(Cl)cc2c1NCCO2. The van der Waals surface area contributed by atoms with Crippen molar-refractivity contribution in [2.24, 2.45) is 0 Å². The van der Waals surface area contributed by atoms with Gasteiger partial charge in [-0.2, -0.15) is 5.26 Å². The van der Waals surface area contributed by atoms with E-state index < -0.39 is 11.9 Å². The van der Waals surface area contributed by atoms with E-state index in [9.17, 15) is 4.39 Å². The van der Waals surface area contributed by atoms with Crippen molar-refractivity contribution in [2.75, 3.05) is 18.5 Å². The van der Waals surface area contributed by atoms with Crippen LogP contribution in [0.2, 0.25) is 5.02 Å². The van der Waals surface area contributed by atoms with Crippen LogP contribution in [0.1, 0.15) is 11.7 Å². The van der Waals surface area contributed by atoms with Gasteiger partial charge in [0, 0.05) is 33.8 Å². The molecule has 1 unspecified atom stereocenters. The third-order valence-corrected chi connectivity index (χ3v) is 3.56. The van der Waals surface area contributed by atoms with E-state index in [1.807, 2.05) is 27.3 Å². The molecule has 0 fully saturated rings. The Kier molecular flexibility index (Phi) is 4.77. The molecule has 0 aromatic heterocycles. The number of ether oxygens (including phenoxy) is 1. The highest BCUT2D eigenvalue weighted by Crippen LogP contribution is 2.42. The van der Waals surface area contributed by atoms with Gasteiger partial charge in [0.2, 0.25) is 0 Å². The molecule has 1 N–H and O–H groups in total. The fraction of sp³-hybridized carbons (Fsp3) is 0.300. The van der Waals surface area contributed by atoms with Crippen LogP contribution in [0.4, 0.5) is 10.1 Å². The average Bonchev–Trinajstić information content (AvgIpc) is 2.38. The monoisotopic (exact) mass is 400 g/mol. The summed E-state index contributed by atoms with van der Waals surface area (Å²) in [7, 11) is 0.964. The number of rotatable bonds is 3. The zero-order valence-electron chi connectivity index (χ0n) is 8.87. The van der Waals surface area contributed by atoms with Gasteiger partial charge in [-0.3, -0.25) is 4.18 Å². The minimum atomic E-state index is -1.05. The molecule has 96 valence electrons. The van der Waals surface area contributed by atoms with Gasteiger partial charge in [-0.1, -0.05) is 11.6 Å². The molecule has 1 aliphatic heterocycles. The van der Waals surface area contributed by atoms with Gasteiger partial charge in [-0.25, -0.2) is 4.39 Å². The van der Waals surface area contributed by atoms with E-state index in [1.54, 1.807) is 0 Å². The number of halogens is 3. The first-order valence-electron chi connectivity index (χ1n) is 4.91. The molecular weight excluding hydrogens is 394 g/mol. The molecule has 8 heteroatoms. The van der Waals surface area contributed by atoms with Gasteiger partial charge in [0.15, 0.2) is 11.9 Å². The lowest BCUT2D eigenvalue weighted by Crippen LogP contribution is -2.21. The van der Waals surface area contributed by atoms with Crippen molar-refractivity contribution in [3.05, 3.63) is 22.5 Å². The van der Waals surface area contributed by atoms with Crippen molar-refractivity contribution < 1.29 is 13.3 Å². The second kappa shape index (κ2) is 6.14. The van der Waals surface area contributed by atoms with Crippen molar-refractivity contribution in [2.45, 2.75) is 6.10 Å². The van der Waals surface area contributed by atoms with Crippen LogP contribution in [-0.2, 0) is 4.18 Å². The van der Waals surface area contributed by atoms with E-state index in [2.05, 4.69) is 5.32 Å². The predicted octanol–water partition coefficient (Wildman–Crippen LogP) is 3.86. The van der Waals surface area contributed by atoms with Gasteiger partial charge in [-0.15, -0.1) is 0 Å². The summed E-state index contributed by atoms with van der Waals surface area (Å²) >= 11 is 7.66. The van der Waals surface area contributed by atoms with E-state index >= 15 is 0 Å². The Labute approximate surface area is 125 Å². The van der Waals surface area contributed by atoms with Gasteiger partial charge in [0.25, 0.3) is 0 Å². The molecule has 4 nitrogen and oxygen atoms in total. The van der Waals surface area contributed by atoms with E-state index in [1.165, 1.54) is 6.07 Å². The smallest absolute Gasteiger partial charge is 0.189 e. The van der Waals surface area contributed by atoms with Crippen molar-refractivity contribution in [3.63, 3.8) is 0 Å². The lowest BCUT2D eigenvalue weighted by Gasteiger charge is -2.24. The first kappa shape index (κ1) is 14.0. The molecule has 0 bridgehead atoms. The molecule has 0 saturated heterocycles. The van der Waals surface area contributed by atoms with Crippen molar-refractivity contribution in [1.82, 2.24) is 0 Å². The van der Waals surface area contributed by atoms with Crippen LogP contribution >= 0.6 is 42.0 Å². The molecule has 0 amide bonds. The third-order valence-electron chi connectivity index (χ3n) is 2.39. The number of nitriles is 1. The fourth-order valence-corrected chi connectivity index (χ4v) is 2.71. The highest BCUT2D eigenvalue weighted by atomic mass is 127. The molecule has 0 aliphatic carbocycles. The maximum Gasteiger partial charge on any atom is 0.189 e. The molecule has 18 heavy (non-hydrogen) atoms. The second-order valence-corrected chi connectivity index (χ2v) is 5.21. The molecule has 1 aliphatic rings. The van der Waals surface area contributed by atoms with Crippen molar-refractivity contribution >= 4 is 47.7 Å². The Bertz CT molecular complexity index is 512. The van der Waals surface area contributed by atoms with Crippen LogP contribution in [0.3, 0.4) is 0 Å². The van der Waals surface area contributed by atoms with Crippen LogP contribution < -0.4 is 10.1 Å². The van der Waals surface area contributed by atoms with E-state index in [0.29, 0.717) is 24.6 Å². The summed E-state index contributed by atoms with van der Waals surface area (Å²) in [5.41, 5.74) is 0.518. The zero-order chi connectivity index (χ0) is 13.1. The average molecular weight is 401 g/mol. The van der Waals surface area contributed by atoms with Gasteiger partial charge in [-0.05, 0) is 0 Å². The highest BCUT2D eigenvalue weighted by molar-refractivity contribution is 14.2. The lowest BCUT2D eigenvalue weighted by atomic mass is 10.1. The fourth-order valence-electron chi connectivity index (χ4n) is 1.67. The maximum atomic E-state index is 14.1. The lowest BCUT2D eigenvalue weighted by molar-refractivity contribution is 0.300. The predicted molar refractivity (Wildman–Crippen MR) is 76.4 cm³/mol. The summed E-state index contributed by atoms with van der Waals surface area (Å²) in [6.45, 7) is 1.00. The standard InChI is InChI=1S/C10H7ClFIN2O2S/c11-5-3-6-10(15-1-2-16-6)8(9(5)12)7(4-14)17-18-13/h3,7,15H,1-2H2. The Morgan fingerprint density at radius 3 is 3.17 bits per heavy atom. The van der Waals surface area contributed by atoms with Crippen LogP contribution in [0, 0.1) is 17.1 Å². The van der Waals surface area contributed by atoms with E-state index in [0.717, 1.165) is 9.21 Å². The molecule has 1 atom stereocenters. The summed E-state index contributed by atoms with van der Waals surface area (Å²) in [6, 6.07) is 3.29. The maximum absolute atomic E-state index is 14.1. The van der Waals surface area contributed by atoms with Crippen molar-refractivity contribution in [1.29, 1.82) is 5.26 Å². The Morgan fingerprint density at radius 2 is 2.50 bits per heavy atom. The number of fused-ring (bicyclic) bond motifs is 1. The number of nitrogens with one attached hydrogen (secondary N) is 1. The zero-order valence-corrected chi connectivity index (χ0v) is 12.6. The molecule has 1 aromatic carbocycles. The molecule has 1 aromatic rings. The van der Waals surface area contributed by atoms with Gasteiger partial charge < -0.3 is 10.1 Å². The second-order valence-electron chi connectivity index (χ2n) is 3.40. The van der Waals surface area contributed by atoms with E-state index in [-0.39, 0.29) is 10.6 Å². The highest BCUT2D eigenvalue weighted by Gasteiger charge is 2.27. The summed E-state index contributed by atoms with van der Waals surface area (Å²) in [6.07, 6.45) is -1.05. The normalized spacial score (nSPS) is 15.0. The van der Waals surface area contributed by atoms with Gasteiger partial charge in [0.05, 0.1) is 25.5 Å². The first-order valence-corrected chi connectivity index (χ1v) is 8.57. The Morgan fingerprint density at radius 1 is 1.72 bits per heavy atom. The van der Waals surface area contributed by atoms with Crippen molar-refractivity contribution in [3.8, 4) is 11.8 Å². The molecule has 0 spiro atoms. The summed E-state index contributed by atoms with van der Waals surface area (Å²) < 4.78 is 24.6. The first-order chi connectivity index (χ1) is 8.69. The van der Waals surface area contributed by atoms with Crippen LogP contribution in [0.15, 0.2) is 6.07 Å². The third kappa shape index (κ3) is 2.61. The molecule has 0 saturated carbocycles. The number of nitrogens with zero attached hydrogens (tertiary/aromatic N) is 1. The number of benzene rings is 1. The molecule has 2 rings (SSSR count). The van der Waals surface area contributed by atoms with Crippen LogP contribution in [0.25, 0.3) is 0 Å². The van der Waals surface area contributed by atoms with Gasteiger partial charge >= 0.3 is 0 Å². The summed E-state index contributed by atoms with van der Waals surface area (Å²) in [5.74, 6) is -0.227. The molecule has 0 radical (unpaired) electrons. The minimum Gasteiger partial charge on any atom is -0.490 e. The Balaban J connectivity index is 2.56. The van der Waals surface area contributed by atoms with Crippen LogP contribution in [0.5, 0.6) is 5.75 Å². The number of hydrogen-bond donors (Lipinski definition) is 1. The molecule has 1 heterocycles. The number of hydrogen-bond acceptors (Lipinski definition) is 5. The Hall–Kier alpha value is -0.430. The number of anilines is 1. The summed E-state index contributed by atoms with van der Waals surface area (Å²) in [5, 5.41) is 12.0. The minimum absolute atomic E-state index is 0.0869. The van der Waals surface area contributed by atoms with E-state index in [4.69, 9.17) is 25.8 Å². The quantitative estimate of drug-likeness (QED) is 0.617. The topological polar surface area (TPSA) is 54.3 Å². The van der Waals surface area contributed by atoms with Gasteiger partial charge in [0.1, 0.15) is 18.4 Å².